The van der Waals surface area contributed by atoms with Crippen LogP contribution in [-0.2, 0) is 0 Å². The number of nitrogen functional groups attached to an aromatic ring is 1. The van der Waals surface area contributed by atoms with Crippen LogP contribution in [0.25, 0.3) is 0 Å². The van der Waals surface area contributed by atoms with E-state index < -0.39 is 17.8 Å². The molecule has 21 heavy (non-hydrogen) atoms. The molecule has 0 spiro atoms. The molecule has 0 bridgehead atoms. The van der Waals surface area contributed by atoms with E-state index in [1.807, 2.05) is 0 Å². The maximum atomic E-state index is 12.4. The van der Waals surface area contributed by atoms with Gasteiger partial charge in [-0.15, -0.1) is 0 Å². The fraction of sp³-hybridized carbons (Fsp3) is 0. The fourth-order valence-electron chi connectivity index (χ4n) is 2.38. The highest BCUT2D eigenvalue weighted by atomic mass is 16.4. The second kappa shape index (κ2) is 4.45. The van der Waals surface area contributed by atoms with Gasteiger partial charge in [-0.2, -0.15) is 0 Å². The topological polar surface area (TPSA) is 101 Å². The van der Waals surface area contributed by atoms with E-state index >= 15 is 0 Å². The number of carboxylic acids is 1. The van der Waals surface area contributed by atoms with Crippen LogP contribution in [0.5, 0.6) is 0 Å². The third-order valence-corrected chi connectivity index (χ3v) is 3.32. The van der Waals surface area contributed by atoms with Crippen molar-refractivity contribution in [3.63, 3.8) is 0 Å². The summed E-state index contributed by atoms with van der Waals surface area (Å²) in [5, 5.41) is 9.20. The molecule has 6 nitrogen and oxygen atoms in total. The number of hydrogen-bond acceptors (Lipinski definition) is 4. The molecule has 0 unspecified atom stereocenters. The van der Waals surface area contributed by atoms with Gasteiger partial charge in [0, 0.05) is 5.69 Å². The van der Waals surface area contributed by atoms with Gasteiger partial charge in [0.1, 0.15) is 0 Å². The van der Waals surface area contributed by atoms with E-state index in [4.69, 9.17) is 5.73 Å². The molecular weight excluding hydrogens is 272 g/mol. The Balaban J connectivity index is 2.20. The smallest absolute Gasteiger partial charge is 0.337 e. The van der Waals surface area contributed by atoms with E-state index in [9.17, 15) is 19.5 Å². The summed E-state index contributed by atoms with van der Waals surface area (Å²) in [6, 6.07) is 10.4. The molecule has 3 N–H and O–H groups in total. The van der Waals surface area contributed by atoms with Crippen LogP contribution in [0.2, 0.25) is 0 Å². The maximum absolute atomic E-state index is 12.4. The number of benzene rings is 2. The molecule has 104 valence electrons. The van der Waals surface area contributed by atoms with Crippen molar-refractivity contribution in [1.29, 1.82) is 0 Å². The molecule has 1 aliphatic heterocycles. The minimum absolute atomic E-state index is 0.0376. The first-order valence-electron chi connectivity index (χ1n) is 6.12. The molecular formula is C15H10N2O4. The van der Waals surface area contributed by atoms with Crippen molar-refractivity contribution in [1.82, 2.24) is 0 Å². The average Bonchev–Trinajstić information content (AvgIpc) is 2.72. The number of imide groups is 1. The Bertz CT molecular complexity index is 798. The van der Waals surface area contributed by atoms with E-state index in [-0.39, 0.29) is 28.1 Å². The molecule has 6 heteroatoms. The van der Waals surface area contributed by atoms with Crippen molar-refractivity contribution >= 4 is 29.2 Å². The summed E-state index contributed by atoms with van der Waals surface area (Å²) in [5.41, 5.74) is 6.15. The van der Waals surface area contributed by atoms with Gasteiger partial charge in [-0.1, -0.05) is 18.2 Å². The van der Waals surface area contributed by atoms with Crippen LogP contribution < -0.4 is 10.6 Å². The number of para-hydroxylation sites is 1. The normalized spacial score (nSPS) is 13.4. The number of anilines is 2. The third kappa shape index (κ3) is 1.77. The number of amides is 2. The van der Waals surface area contributed by atoms with Crippen LogP contribution >= 0.6 is 0 Å². The van der Waals surface area contributed by atoms with Crippen LogP contribution in [0.3, 0.4) is 0 Å². The summed E-state index contributed by atoms with van der Waals surface area (Å²) in [5.74, 6) is -2.40. The molecule has 2 aromatic rings. The molecule has 0 saturated heterocycles. The molecule has 0 saturated carbocycles. The highest BCUT2D eigenvalue weighted by Crippen LogP contribution is 2.33. The molecule has 0 radical (unpaired) electrons. The number of fused-ring (bicyclic) bond motifs is 1. The Morgan fingerprint density at radius 1 is 1.00 bits per heavy atom. The van der Waals surface area contributed by atoms with Crippen molar-refractivity contribution in [3.8, 4) is 0 Å². The van der Waals surface area contributed by atoms with Crippen molar-refractivity contribution < 1.29 is 19.5 Å². The zero-order valence-electron chi connectivity index (χ0n) is 10.7. The summed E-state index contributed by atoms with van der Waals surface area (Å²) < 4.78 is 0. The maximum Gasteiger partial charge on any atom is 0.337 e. The number of nitrogens with zero attached hydrogens (tertiary/aromatic N) is 1. The van der Waals surface area contributed by atoms with Crippen LogP contribution in [-0.4, -0.2) is 22.9 Å². The van der Waals surface area contributed by atoms with Crippen LogP contribution in [0.15, 0.2) is 42.5 Å². The number of rotatable bonds is 2. The zero-order valence-corrected chi connectivity index (χ0v) is 10.7. The van der Waals surface area contributed by atoms with Gasteiger partial charge in [-0.25, -0.2) is 9.69 Å². The number of aromatic carboxylic acids is 1. The molecule has 2 amide bonds. The third-order valence-electron chi connectivity index (χ3n) is 3.32. The van der Waals surface area contributed by atoms with E-state index in [1.165, 1.54) is 30.3 Å². The first kappa shape index (κ1) is 12.9. The summed E-state index contributed by atoms with van der Waals surface area (Å²) in [4.78, 5) is 36.9. The summed E-state index contributed by atoms with van der Waals surface area (Å²) in [6.45, 7) is 0. The standard InChI is InChI=1S/C15H10N2O4/c16-10-6-3-5-9-12(10)14(19)17(13(9)18)11-7-2-1-4-8(11)15(20)21/h1-7H,16H2,(H,20,21). The van der Waals surface area contributed by atoms with E-state index in [0.29, 0.717) is 0 Å². The van der Waals surface area contributed by atoms with Crippen LogP contribution in [0, 0.1) is 0 Å². The number of hydrogen-bond donors (Lipinski definition) is 2. The Labute approximate surface area is 119 Å². The van der Waals surface area contributed by atoms with E-state index in [1.54, 1.807) is 12.1 Å². The molecule has 0 aromatic heterocycles. The SMILES string of the molecule is Nc1cccc2c1C(=O)N(c1ccccc1C(=O)O)C2=O. The molecule has 0 aliphatic carbocycles. The summed E-state index contributed by atoms with van der Waals surface area (Å²) in [7, 11) is 0. The lowest BCUT2D eigenvalue weighted by Gasteiger charge is -2.16. The zero-order chi connectivity index (χ0) is 15.1. The summed E-state index contributed by atoms with van der Waals surface area (Å²) in [6.07, 6.45) is 0. The van der Waals surface area contributed by atoms with Crippen molar-refractivity contribution in [2.45, 2.75) is 0 Å². The Hall–Kier alpha value is -3.15. The monoisotopic (exact) mass is 282 g/mol. The van der Waals surface area contributed by atoms with Gasteiger partial charge in [-0.3, -0.25) is 9.59 Å². The van der Waals surface area contributed by atoms with Crippen LogP contribution in [0.1, 0.15) is 31.1 Å². The van der Waals surface area contributed by atoms with Crippen molar-refractivity contribution in [2.24, 2.45) is 0 Å². The van der Waals surface area contributed by atoms with Gasteiger partial charge in [0.05, 0.1) is 22.4 Å². The largest absolute Gasteiger partial charge is 0.478 e. The lowest BCUT2D eigenvalue weighted by atomic mass is 10.1. The van der Waals surface area contributed by atoms with Crippen molar-refractivity contribution in [2.75, 3.05) is 10.6 Å². The predicted molar refractivity (Wildman–Crippen MR) is 75.4 cm³/mol. The van der Waals surface area contributed by atoms with Gasteiger partial charge in [0.25, 0.3) is 11.8 Å². The molecule has 3 rings (SSSR count). The van der Waals surface area contributed by atoms with Gasteiger partial charge in [-0.05, 0) is 24.3 Å². The summed E-state index contributed by atoms with van der Waals surface area (Å²) >= 11 is 0. The molecule has 1 heterocycles. The minimum Gasteiger partial charge on any atom is -0.478 e. The van der Waals surface area contributed by atoms with Crippen LogP contribution in [0.4, 0.5) is 11.4 Å². The molecule has 1 aliphatic rings. The number of carboxylic acid groups (broad SMARTS) is 1. The van der Waals surface area contributed by atoms with E-state index in [2.05, 4.69) is 0 Å². The first-order chi connectivity index (χ1) is 10.0. The van der Waals surface area contributed by atoms with Gasteiger partial charge in [0.15, 0.2) is 0 Å². The highest BCUT2D eigenvalue weighted by molar-refractivity contribution is 6.36. The van der Waals surface area contributed by atoms with Crippen molar-refractivity contribution in [3.05, 3.63) is 59.2 Å². The lowest BCUT2D eigenvalue weighted by molar-refractivity contribution is 0.0698. The second-order valence-electron chi connectivity index (χ2n) is 4.54. The average molecular weight is 282 g/mol. The fourth-order valence-corrected chi connectivity index (χ4v) is 2.38. The minimum atomic E-state index is -1.21. The number of carbonyl (C=O) groups excluding carboxylic acids is 2. The first-order valence-corrected chi connectivity index (χ1v) is 6.12. The van der Waals surface area contributed by atoms with E-state index in [0.717, 1.165) is 4.90 Å². The quantitative estimate of drug-likeness (QED) is 0.645. The Morgan fingerprint density at radius 3 is 2.38 bits per heavy atom. The van der Waals surface area contributed by atoms with Gasteiger partial charge < -0.3 is 10.8 Å². The number of nitrogens with two attached hydrogens (primary N) is 1. The molecule has 0 atom stereocenters. The second-order valence-corrected chi connectivity index (χ2v) is 4.54. The number of carbonyl (C=O) groups is 3. The highest BCUT2D eigenvalue weighted by Gasteiger charge is 2.39. The molecule has 2 aromatic carbocycles. The van der Waals surface area contributed by atoms with Gasteiger partial charge in [0.2, 0.25) is 0 Å². The Kier molecular flexibility index (Phi) is 2.72. The predicted octanol–water partition coefficient (Wildman–Crippen LogP) is 1.77. The Morgan fingerprint density at radius 2 is 1.71 bits per heavy atom. The lowest BCUT2D eigenvalue weighted by Crippen LogP contribution is -2.31. The van der Waals surface area contributed by atoms with Gasteiger partial charge >= 0.3 is 5.97 Å². The molecule has 0 fully saturated rings.